The molecule has 1 N–H and O–H groups in total. The van der Waals surface area contributed by atoms with Crippen LogP contribution in [0.15, 0.2) is 58.1 Å². The first-order chi connectivity index (χ1) is 11.0. The summed E-state index contributed by atoms with van der Waals surface area (Å²) < 4.78 is 6.78. The maximum atomic E-state index is 11.4. The van der Waals surface area contributed by atoms with Crippen LogP contribution in [0.4, 0.5) is 0 Å². The zero-order valence-electron chi connectivity index (χ0n) is 13.1. The molecule has 5 heteroatoms. The molecule has 0 aliphatic heterocycles. The average Bonchev–Trinajstić information content (AvgIpc) is 2.55. The van der Waals surface area contributed by atoms with E-state index in [4.69, 9.17) is 4.74 Å². The Hall–Kier alpha value is -2.14. The Morgan fingerprint density at radius 1 is 1.17 bits per heavy atom. The Labute approximate surface area is 144 Å². The molecule has 0 unspecified atom stereocenters. The third-order valence-electron chi connectivity index (χ3n) is 3.11. The van der Waals surface area contributed by atoms with Crippen molar-refractivity contribution in [2.45, 2.75) is 20.5 Å². The fraction of sp³-hybridized carbons (Fsp3) is 0.222. The van der Waals surface area contributed by atoms with Crippen LogP contribution in [0.2, 0.25) is 0 Å². The van der Waals surface area contributed by atoms with Gasteiger partial charge in [0.15, 0.2) is 0 Å². The number of hydrogen-bond donors (Lipinski definition) is 1. The van der Waals surface area contributed by atoms with Gasteiger partial charge in [-0.05, 0) is 47.5 Å². The molecule has 0 radical (unpaired) electrons. The van der Waals surface area contributed by atoms with Gasteiger partial charge < -0.3 is 4.74 Å². The van der Waals surface area contributed by atoms with Crippen LogP contribution in [0.5, 0.6) is 5.75 Å². The molecule has 0 aliphatic rings. The zero-order chi connectivity index (χ0) is 16.7. The van der Waals surface area contributed by atoms with Crippen molar-refractivity contribution in [3.63, 3.8) is 0 Å². The van der Waals surface area contributed by atoms with E-state index in [1.807, 2.05) is 62.4 Å². The van der Waals surface area contributed by atoms with E-state index < -0.39 is 0 Å². The molecule has 0 saturated heterocycles. The monoisotopic (exact) mass is 374 g/mol. The summed E-state index contributed by atoms with van der Waals surface area (Å²) in [6, 6.07) is 15.6. The second kappa shape index (κ2) is 8.48. The summed E-state index contributed by atoms with van der Waals surface area (Å²) in [7, 11) is 0. The molecule has 2 aromatic carbocycles. The van der Waals surface area contributed by atoms with Crippen molar-refractivity contribution in [3.05, 3.63) is 64.1 Å². The molecular weight excluding hydrogens is 356 g/mol. The van der Waals surface area contributed by atoms with Gasteiger partial charge in [0.2, 0.25) is 5.91 Å². The first-order valence-corrected chi connectivity index (χ1v) is 8.14. The molecular formula is C18H19BrN2O2. The summed E-state index contributed by atoms with van der Waals surface area (Å²) in [5, 5.41) is 3.92. The highest BCUT2D eigenvalue weighted by molar-refractivity contribution is 9.10. The van der Waals surface area contributed by atoms with E-state index in [9.17, 15) is 4.79 Å². The highest BCUT2D eigenvalue weighted by atomic mass is 79.9. The van der Waals surface area contributed by atoms with Gasteiger partial charge in [-0.25, -0.2) is 5.43 Å². The number of hydrazone groups is 1. The SMILES string of the molecule is CC(C)C(=O)NN=Cc1ccc(OCc2ccc(Br)cc2)cc1. The van der Waals surface area contributed by atoms with Crippen LogP contribution in [0, 0.1) is 5.92 Å². The van der Waals surface area contributed by atoms with Gasteiger partial charge in [0.05, 0.1) is 6.21 Å². The van der Waals surface area contributed by atoms with Gasteiger partial charge in [-0.15, -0.1) is 0 Å². The Morgan fingerprint density at radius 2 is 1.83 bits per heavy atom. The number of amides is 1. The molecule has 120 valence electrons. The third-order valence-corrected chi connectivity index (χ3v) is 3.64. The molecule has 23 heavy (non-hydrogen) atoms. The maximum absolute atomic E-state index is 11.4. The van der Waals surface area contributed by atoms with Crippen molar-refractivity contribution >= 4 is 28.1 Å². The van der Waals surface area contributed by atoms with Gasteiger partial charge in [-0.1, -0.05) is 41.9 Å². The first kappa shape index (κ1) is 17.2. The van der Waals surface area contributed by atoms with E-state index in [0.717, 1.165) is 21.3 Å². The lowest BCUT2D eigenvalue weighted by Crippen LogP contribution is -2.22. The molecule has 0 aromatic heterocycles. The molecule has 1 amide bonds. The topological polar surface area (TPSA) is 50.7 Å². The van der Waals surface area contributed by atoms with E-state index in [1.165, 1.54) is 0 Å². The average molecular weight is 375 g/mol. The van der Waals surface area contributed by atoms with Crippen LogP contribution in [0.3, 0.4) is 0 Å². The third kappa shape index (κ3) is 5.87. The standard InChI is InChI=1S/C18H19BrN2O2/c1-13(2)18(22)21-20-11-14-5-9-17(10-6-14)23-12-15-3-7-16(19)8-4-15/h3-11,13H,12H2,1-2H3,(H,21,22). The molecule has 0 atom stereocenters. The van der Waals surface area contributed by atoms with Gasteiger partial charge in [-0.3, -0.25) is 4.79 Å². The molecule has 0 fully saturated rings. The predicted molar refractivity (Wildman–Crippen MR) is 95.5 cm³/mol. The van der Waals surface area contributed by atoms with E-state index in [-0.39, 0.29) is 11.8 Å². The lowest BCUT2D eigenvalue weighted by molar-refractivity contribution is -0.123. The molecule has 4 nitrogen and oxygen atoms in total. The Balaban J connectivity index is 1.85. The Morgan fingerprint density at radius 3 is 2.43 bits per heavy atom. The van der Waals surface area contributed by atoms with Gasteiger partial charge in [-0.2, -0.15) is 5.10 Å². The normalized spacial score (nSPS) is 11.0. The lowest BCUT2D eigenvalue weighted by atomic mass is 10.2. The van der Waals surface area contributed by atoms with Crippen molar-refractivity contribution in [2.24, 2.45) is 11.0 Å². The zero-order valence-corrected chi connectivity index (χ0v) is 14.7. The van der Waals surface area contributed by atoms with Crippen molar-refractivity contribution in [3.8, 4) is 5.75 Å². The van der Waals surface area contributed by atoms with Crippen molar-refractivity contribution in [1.82, 2.24) is 5.43 Å². The summed E-state index contributed by atoms with van der Waals surface area (Å²) in [6.07, 6.45) is 1.61. The number of hydrogen-bond acceptors (Lipinski definition) is 3. The summed E-state index contributed by atoms with van der Waals surface area (Å²) in [6.45, 7) is 4.16. The Kier molecular flexibility index (Phi) is 6.35. The van der Waals surface area contributed by atoms with Crippen LogP contribution in [0.25, 0.3) is 0 Å². The van der Waals surface area contributed by atoms with Crippen LogP contribution >= 0.6 is 15.9 Å². The number of halogens is 1. The fourth-order valence-corrected chi connectivity index (χ4v) is 1.96. The maximum Gasteiger partial charge on any atom is 0.242 e. The summed E-state index contributed by atoms with van der Waals surface area (Å²) in [4.78, 5) is 11.4. The summed E-state index contributed by atoms with van der Waals surface area (Å²) in [5.41, 5.74) is 4.49. The van der Waals surface area contributed by atoms with Crippen molar-refractivity contribution in [2.75, 3.05) is 0 Å². The van der Waals surface area contributed by atoms with Crippen LogP contribution in [-0.2, 0) is 11.4 Å². The fourth-order valence-electron chi connectivity index (χ4n) is 1.70. The molecule has 0 spiro atoms. The molecule has 0 heterocycles. The molecule has 0 bridgehead atoms. The number of carbonyl (C=O) groups is 1. The number of nitrogens with one attached hydrogen (secondary N) is 1. The van der Waals surface area contributed by atoms with Crippen LogP contribution < -0.4 is 10.2 Å². The van der Waals surface area contributed by atoms with Crippen LogP contribution in [0.1, 0.15) is 25.0 Å². The molecule has 2 aromatic rings. The second-order valence-electron chi connectivity index (χ2n) is 5.37. The van der Waals surface area contributed by atoms with Crippen LogP contribution in [-0.4, -0.2) is 12.1 Å². The number of carbonyl (C=O) groups excluding carboxylic acids is 1. The minimum Gasteiger partial charge on any atom is -0.489 e. The number of benzene rings is 2. The van der Waals surface area contributed by atoms with Gasteiger partial charge in [0.1, 0.15) is 12.4 Å². The van der Waals surface area contributed by atoms with Gasteiger partial charge in [0, 0.05) is 10.4 Å². The first-order valence-electron chi connectivity index (χ1n) is 7.35. The predicted octanol–water partition coefficient (Wildman–Crippen LogP) is 4.13. The smallest absolute Gasteiger partial charge is 0.242 e. The largest absolute Gasteiger partial charge is 0.489 e. The van der Waals surface area contributed by atoms with Crippen molar-refractivity contribution in [1.29, 1.82) is 0 Å². The molecule has 0 aliphatic carbocycles. The lowest BCUT2D eigenvalue weighted by Gasteiger charge is -2.06. The minimum absolute atomic E-state index is 0.0819. The minimum atomic E-state index is -0.101. The second-order valence-corrected chi connectivity index (χ2v) is 6.29. The number of rotatable bonds is 6. The van der Waals surface area contributed by atoms with E-state index >= 15 is 0 Å². The number of ether oxygens (including phenoxy) is 1. The highest BCUT2D eigenvalue weighted by Crippen LogP contribution is 2.15. The highest BCUT2D eigenvalue weighted by Gasteiger charge is 2.03. The summed E-state index contributed by atoms with van der Waals surface area (Å²) >= 11 is 3.41. The molecule has 2 rings (SSSR count). The van der Waals surface area contributed by atoms with E-state index in [1.54, 1.807) is 6.21 Å². The Bertz CT molecular complexity index is 664. The van der Waals surface area contributed by atoms with E-state index in [0.29, 0.717) is 6.61 Å². The number of nitrogens with zero attached hydrogens (tertiary/aromatic N) is 1. The van der Waals surface area contributed by atoms with Gasteiger partial charge in [0.25, 0.3) is 0 Å². The van der Waals surface area contributed by atoms with E-state index in [2.05, 4.69) is 26.5 Å². The summed E-state index contributed by atoms with van der Waals surface area (Å²) in [5.74, 6) is 0.605. The van der Waals surface area contributed by atoms with Gasteiger partial charge >= 0.3 is 0 Å². The quantitative estimate of drug-likeness (QED) is 0.610. The van der Waals surface area contributed by atoms with Crippen molar-refractivity contribution < 1.29 is 9.53 Å². The molecule has 0 saturated carbocycles.